The van der Waals surface area contributed by atoms with Gasteiger partial charge in [-0.05, 0) is 50.7 Å². The van der Waals surface area contributed by atoms with E-state index in [0.29, 0.717) is 24.0 Å². The quantitative estimate of drug-likeness (QED) is 0.390. The lowest BCUT2D eigenvalue weighted by Gasteiger charge is -2.13. The second-order valence-electron chi connectivity index (χ2n) is 4.97. The number of hydrogen-bond acceptors (Lipinski definition) is 6. The number of methoxy groups -OCH3 is 1. The molecule has 0 spiro atoms. The Morgan fingerprint density at radius 1 is 1.04 bits per heavy atom. The molecule has 138 valence electrons. The average molecular weight is 368 g/mol. The third-order valence-electron chi connectivity index (χ3n) is 3.02. The number of hydrogen-bond donors (Lipinski definition) is 2. The summed E-state index contributed by atoms with van der Waals surface area (Å²) < 4.78 is 15.0. The Balaban J connectivity index is 2.90. The van der Waals surface area contributed by atoms with Crippen LogP contribution in [0.3, 0.4) is 0 Å². The van der Waals surface area contributed by atoms with E-state index in [0.717, 1.165) is 6.42 Å². The van der Waals surface area contributed by atoms with E-state index in [1.54, 1.807) is 33.1 Å². The van der Waals surface area contributed by atoms with E-state index in [4.69, 9.17) is 26.4 Å². The SMILES string of the molecule is CCOC(=O)c1cc(NC(=S)NCCCOC)cc(C(=O)OCC)c1. The third kappa shape index (κ3) is 7.49. The summed E-state index contributed by atoms with van der Waals surface area (Å²) in [6, 6.07) is 4.59. The molecule has 0 unspecified atom stereocenters. The van der Waals surface area contributed by atoms with Crippen LogP contribution in [0, 0.1) is 0 Å². The van der Waals surface area contributed by atoms with Crippen LogP contribution in [0.5, 0.6) is 0 Å². The zero-order valence-electron chi connectivity index (χ0n) is 14.7. The molecule has 0 amide bonds. The highest BCUT2D eigenvalue weighted by Crippen LogP contribution is 2.17. The topological polar surface area (TPSA) is 85.9 Å². The summed E-state index contributed by atoms with van der Waals surface area (Å²) in [5, 5.41) is 6.36. The first-order chi connectivity index (χ1) is 12.0. The number of ether oxygens (including phenoxy) is 3. The molecule has 0 fully saturated rings. The smallest absolute Gasteiger partial charge is 0.338 e. The van der Waals surface area contributed by atoms with Crippen molar-refractivity contribution in [3.63, 3.8) is 0 Å². The minimum atomic E-state index is -0.518. The Bertz CT molecular complexity index is 570. The molecule has 0 saturated carbocycles. The van der Waals surface area contributed by atoms with Gasteiger partial charge in [0, 0.05) is 25.9 Å². The molecular formula is C17H24N2O5S. The molecule has 0 aliphatic carbocycles. The van der Waals surface area contributed by atoms with E-state index in [-0.39, 0.29) is 24.3 Å². The molecule has 2 N–H and O–H groups in total. The van der Waals surface area contributed by atoms with Crippen LogP contribution < -0.4 is 10.6 Å². The summed E-state index contributed by atoms with van der Waals surface area (Å²) in [6.45, 7) is 5.18. The van der Waals surface area contributed by atoms with E-state index in [9.17, 15) is 9.59 Å². The highest BCUT2D eigenvalue weighted by molar-refractivity contribution is 7.80. The largest absolute Gasteiger partial charge is 0.462 e. The van der Waals surface area contributed by atoms with Crippen molar-refractivity contribution in [3.8, 4) is 0 Å². The summed E-state index contributed by atoms with van der Waals surface area (Å²) >= 11 is 5.21. The van der Waals surface area contributed by atoms with Gasteiger partial charge in [-0.3, -0.25) is 0 Å². The van der Waals surface area contributed by atoms with Crippen molar-refractivity contribution in [2.24, 2.45) is 0 Å². The van der Waals surface area contributed by atoms with Gasteiger partial charge in [-0.2, -0.15) is 0 Å². The molecule has 0 aliphatic heterocycles. The number of benzene rings is 1. The van der Waals surface area contributed by atoms with E-state index < -0.39 is 11.9 Å². The summed E-state index contributed by atoms with van der Waals surface area (Å²) in [4.78, 5) is 24.0. The van der Waals surface area contributed by atoms with Gasteiger partial charge >= 0.3 is 11.9 Å². The summed E-state index contributed by atoms with van der Waals surface area (Å²) in [7, 11) is 1.63. The number of carbonyl (C=O) groups excluding carboxylic acids is 2. The lowest BCUT2D eigenvalue weighted by Crippen LogP contribution is -2.30. The molecule has 1 rings (SSSR count). The first kappa shape index (κ1) is 20.9. The maximum Gasteiger partial charge on any atom is 0.338 e. The predicted molar refractivity (Wildman–Crippen MR) is 99.1 cm³/mol. The maximum atomic E-state index is 12.0. The summed E-state index contributed by atoms with van der Waals surface area (Å²) in [5.41, 5.74) is 0.993. The Labute approximate surface area is 153 Å². The number of thiocarbonyl (C=S) groups is 1. The lowest BCUT2D eigenvalue weighted by atomic mass is 10.1. The normalized spacial score (nSPS) is 10.0. The van der Waals surface area contributed by atoms with Crippen LogP contribution in [-0.4, -0.2) is 50.5 Å². The number of rotatable bonds is 9. The molecule has 0 atom stereocenters. The third-order valence-corrected chi connectivity index (χ3v) is 3.27. The number of nitrogens with one attached hydrogen (secondary N) is 2. The standard InChI is InChI=1S/C17H24N2O5S/c1-4-23-15(20)12-9-13(16(21)24-5-2)11-14(10-12)19-17(25)18-7-6-8-22-3/h9-11H,4-8H2,1-3H3,(H2,18,19,25). The highest BCUT2D eigenvalue weighted by Gasteiger charge is 2.15. The van der Waals surface area contributed by atoms with Crippen LogP contribution >= 0.6 is 12.2 Å². The molecule has 0 bridgehead atoms. The predicted octanol–water partition coefficient (Wildman–Crippen LogP) is 2.36. The van der Waals surface area contributed by atoms with Crippen molar-refractivity contribution in [2.45, 2.75) is 20.3 Å². The molecule has 1 aromatic carbocycles. The van der Waals surface area contributed by atoms with Gasteiger partial charge in [-0.25, -0.2) is 9.59 Å². The molecule has 0 radical (unpaired) electrons. The molecule has 25 heavy (non-hydrogen) atoms. The monoisotopic (exact) mass is 368 g/mol. The van der Waals surface area contributed by atoms with Crippen LogP contribution in [0.25, 0.3) is 0 Å². The van der Waals surface area contributed by atoms with Crippen molar-refractivity contribution >= 4 is 35.0 Å². The Hall–Kier alpha value is -2.19. The van der Waals surface area contributed by atoms with Crippen molar-refractivity contribution < 1.29 is 23.8 Å². The van der Waals surface area contributed by atoms with Crippen LogP contribution in [0.2, 0.25) is 0 Å². The van der Waals surface area contributed by atoms with Gasteiger partial charge < -0.3 is 24.8 Å². The highest BCUT2D eigenvalue weighted by atomic mass is 32.1. The fourth-order valence-electron chi connectivity index (χ4n) is 1.96. The van der Waals surface area contributed by atoms with Crippen molar-refractivity contribution in [2.75, 3.05) is 38.8 Å². The molecule has 7 nitrogen and oxygen atoms in total. The molecule has 1 aromatic rings. The van der Waals surface area contributed by atoms with E-state index in [2.05, 4.69) is 10.6 Å². The number of carbonyl (C=O) groups is 2. The zero-order chi connectivity index (χ0) is 18.7. The van der Waals surface area contributed by atoms with Crippen molar-refractivity contribution in [1.29, 1.82) is 0 Å². The minimum absolute atomic E-state index is 0.241. The number of esters is 2. The second-order valence-corrected chi connectivity index (χ2v) is 5.38. The maximum absolute atomic E-state index is 12.0. The zero-order valence-corrected chi connectivity index (χ0v) is 15.5. The van der Waals surface area contributed by atoms with Gasteiger partial charge in [0.15, 0.2) is 5.11 Å². The average Bonchev–Trinajstić information content (AvgIpc) is 2.59. The first-order valence-corrected chi connectivity index (χ1v) is 8.45. The molecule has 0 aliphatic rings. The lowest BCUT2D eigenvalue weighted by molar-refractivity contribution is 0.0525. The fourth-order valence-corrected chi connectivity index (χ4v) is 2.18. The van der Waals surface area contributed by atoms with Crippen LogP contribution in [-0.2, 0) is 14.2 Å². The van der Waals surface area contributed by atoms with Gasteiger partial charge in [0.1, 0.15) is 0 Å². The van der Waals surface area contributed by atoms with E-state index in [1.807, 2.05) is 0 Å². The second kappa shape index (κ2) is 11.4. The van der Waals surface area contributed by atoms with Crippen molar-refractivity contribution in [3.05, 3.63) is 29.3 Å². The fraction of sp³-hybridized carbons (Fsp3) is 0.471. The van der Waals surface area contributed by atoms with Crippen LogP contribution in [0.15, 0.2) is 18.2 Å². The Kier molecular flexibility index (Phi) is 9.49. The van der Waals surface area contributed by atoms with Gasteiger partial charge in [-0.1, -0.05) is 0 Å². The van der Waals surface area contributed by atoms with E-state index >= 15 is 0 Å². The molecule has 0 heterocycles. The number of anilines is 1. The summed E-state index contributed by atoms with van der Waals surface area (Å²) in [6.07, 6.45) is 0.801. The molecular weight excluding hydrogens is 344 g/mol. The Morgan fingerprint density at radius 3 is 2.08 bits per heavy atom. The van der Waals surface area contributed by atoms with Crippen LogP contribution in [0.4, 0.5) is 5.69 Å². The van der Waals surface area contributed by atoms with Gasteiger partial charge in [0.2, 0.25) is 0 Å². The minimum Gasteiger partial charge on any atom is -0.462 e. The summed E-state index contributed by atoms with van der Waals surface area (Å²) in [5.74, 6) is -1.04. The molecule has 0 saturated heterocycles. The van der Waals surface area contributed by atoms with Gasteiger partial charge in [0.05, 0.1) is 24.3 Å². The van der Waals surface area contributed by atoms with Gasteiger partial charge in [0.25, 0.3) is 0 Å². The van der Waals surface area contributed by atoms with Crippen molar-refractivity contribution in [1.82, 2.24) is 5.32 Å². The van der Waals surface area contributed by atoms with E-state index in [1.165, 1.54) is 6.07 Å². The molecule has 0 aromatic heterocycles. The molecule has 8 heteroatoms. The Morgan fingerprint density at radius 2 is 1.60 bits per heavy atom. The van der Waals surface area contributed by atoms with Crippen LogP contribution in [0.1, 0.15) is 41.0 Å². The van der Waals surface area contributed by atoms with Gasteiger partial charge in [-0.15, -0.1) is 0 Å². The first-order valence-electron chi connectivity index (χ1n) is 8.04.